The molecular weight excluding hydrogens is 230 g/mol. The third kappa shape index (κ3) is 3.65. The van der Waals surface area contributed by atoms with E-state index in [0.29, 0.717) is 5.06 Å². The number of hydrogen-bond donors (Lipinski definition) is 1. The van der Waals surface area contributed by atoms with Crippen LogP contribution in [0, 0.1) is 0 Å². The molecule has 0 aliphatic carbocycles. The smallest absolute Gasteiger partial charge is 0.317 e. The molecule has 3 amide bonds. The first-order chi connectivity index (χ1) is 8.04. The molecule has 1 N–H and O–H groups in total. The first-order valence-corrected chi connectivity index (χ1v) is 4.89. The standard InChI is InChI=1S/C8H11N5O4/c1-5(4-10-12-9)11-8(16)17-13-6(14)2-3-7(13)15/h5H,2-4H2,1H3,(H,11,16)/t5-/m1/s1. The molecule has 1 heterocycles. The molecule has 1 atom stereocenters. The summed E-state index contributed by atoms with van der Waals surface area (Å²) in [5.41, 5.74) is 8.07. The number of amides is 3. The second-order valence-electron chi connectivity index (χ2n) is 3.42. The van der Waals surface area contributed by atoms with Crippen molar-refractivity contribution in [3.63, 3.8) is 0 Å². The van der Waals surface area contributed by atoms with Crippen molar-refractivity contribution in [3.8, 4) is 0 Å². The minimum atomic E-state index is -0.936. The summed E-state index contributed by atoms with van der Waals surface area (Å²) in [6.45, 7) is 1.64. The van der Waals surface area contributed by atoms with Crippen LogP contribution >= 0.6 is 0 Å². The molecule has 17 heavy (non-hydrogen) atoms. The molecule has 1 fully saturated rings. The van der Waals surface area contributed by atoms with E-state index in [2.05, 4.69) is 20.2 Å². The zero-order valence-corrected chi connectivity index (χ0v) is 9.12. The molecule has 0 spiro atoms. The van der Waals surface area contributed by atoms with Crippen molar-refractivity contribution in [2.75, 3.05) is 6.54 Å². The van der Waals surface area contributed by atoms with Gasteiger partial charge in [-0.15, -0.1) is 5.06 Å². The zero-order valence-electron chi connectivity index (χ0n) is 9.12. The summed E-state index contributed by atoms with van der Waals surface area (Å²) < 4.78 is 0. The first-order valence-electron chi connectivity index (χ1n) is 4.89. The van der Waals surface area contributed by atoms with Gasteiger partial charge in [-0.05, 0) is 12.5 Å². The summed E-state index contributed by atoms with van der Waals surface area (Å²) in [4.78, 5) is 40.5. The van der Waals surface area contributed by atoms with E-state index < -0.39 is 23.9 Å². The van der Waals surface area contributed by atoms with Gasteiger partial charge in [-0.2, -0.15) is 0 Å². The fourth-order valence-corrected chi connectivity index (χ4v) is 1.17. The molecule has 0 bridgehead atoms. The van der Waals surface area contributed by atoms with Crippen LogP contribution in [-0.4, -0.2) is 35.6 Å². The molecule has 0 unspecified atom stereocenters. The average Bonchev–Trinajstić information content (AvgIpc) is 2.58. The van der Waals surface area contributed by atoms with Crippen LogP contribution in [0.3, 0.4) is 0 Å². The van der Waals surface area contributed by atoms with Crippen molar-refractivity contribution < 1.29 is 19.2 Å². The van der Waals surface area contributed by atoms with Gasteiger partial charge in [-0.3, -0.25) is 9.59 Å². The van der Waals surface area contributed by atoms with E-state index in [1.807, 2.05) is 0 Å². The van der Waals surface area contributed by atoms with Crippen LogP contribution in [0.5, 0.6) is 0 Å². The van der Waals surface area contributed by atoms with Gasteiger partial charge in [0.2, 0.25) is 0 Å². The SMILES string of the molecule is C[C@H](CN=[N+]=[N-])NC(=O)ON1C(=O)CCC1=O. The molecule has 0 aromatic heterocycles. The second-order valence-corrected chi connectivity index (χ2v) is 3.42. The monoisotopic (exact) mass is 241 g/mol. The maximum Gasteiger partial charge on any atom is 0.432 e. The highest BCUT2D eigenvalue weighted by molar-refractivity contribution is 6.01. The molecule has 0 aromatic rings. The number of hydrogen-bond acceptors (Lipinski definition) is 5. The Labute approximate surface area is 96.3 Å². The Morgan fingerprint density at radius 1 is 1.59 bits per heavy atom. The molecule has 1 saturated heterocycles. The highest BCUT2D eigenvalue weighted by Crippen LogP contribution is 2.11. The molecule has 0 radical (unpaired) electrons. The lowest BCUT2D eigenvalue weighted by Gasteiger charge is -2.15. The molecule has 1 aliphatic rings. The van der Waals surface area contributed by atoms with Gasteiger partial charge in [-0.25, -0.2) is 4.79 Å². The molecule has 1 rings (SSSR count). The highest BCUT2D eigenvalue weighted by atomic mass is 16.7. The van der Waals surface area contributed by atoms with Crippen molar-refractivity contribution in [3.05, 3.63) is 10.4 Å². The summed E-state index contributed by atoms with van der Waals surface area (Å²) in [5, 5.41) is 6.00. The number of azide groups is 1. The lowest BCUT2D eigenvalue weighted by atomic mass is 10.3. The van der Waals surface area contributed by atoms with E-state index in [9.17, 15) is 14.4 Å². The van der Waals surface area contributed by atoms with Crippen molar-refractivity contribution in [2.24, 2.45) is 5.11 Å². The summed E-state index contributed by atoms with van der Waals surface area (Å²) in [7, 11) is 0. The van der Waals surface area contributed by atoms with E-state index >= 15 is 0 Å². The van der Waals surface area contributed by atoms with Crippen LogP contribution in [0.15, 0.2) is 5.11 Å². The minimum Gasteiger partial charge on any atom is -0.317 e. The van der Waals surface area contributed by atoms with Crippen molar-refractivity contribution >= 4 is 17.9 Å². The summed E-state index contributed by atoms with van der Waals surface area (Å²) in [6, 6.07) is -0.453. The van der Waals surface area contributed by atoms with Gasteiger partial charge < -0.3 is 10.2 Å². The Bertz CT molecular complexity index is 373. The van der Waals surface area contributed by atoms with Crippen LogP contribution in [0.4, 0.5) is 4.79 Å². The Morgan fingerprint density at radius 2 is 2.18 bits per heavy atom. The largest absolute Gasteiger partial charge is 0.432 e. The summed E-state index contributed by atoms with van der Waals surface area (Å²) in [5.74, 6) is -1.10. The van der Waals surface area contributed by atoms with Gasteiger partial charge in [0.15, 0.2) is 0 Å². The number of nitrogens with zero attached hydrogens (tertiary/aromatic N) is 4. The maximum absolute atomic E-state index is 11.2. The van der Waals surface area contributed by atoms with Crippen LogP contribution in [-0.2, 0) is 14.4 Å². The van der Waals surface area contributed by atoms with E-state index in [4.69, 9.17) is 5.53 Å². The number of hydroxylamine groups is 2. The van der Waals surface area contributed by atoms with E-state index in [1.165, 1.54) is 0 Å². The lowest BCUT2D eigenvalue weighted by molar-refractivity contribution is -0.171. The summed E-state index contributed by atoms with van der Waals surface area (Å²) >= 11 is 0. The summed E-state index contributed by atoms with van der Waals surface area (Å²) in [6.07, 6.45) is -0.852. The molecule has 92 valence electrons. The number of rotatable bonds is 4. The third-order valence-corrected chi connectivity index (χ3v) is 1.96. The lowest BCUT2D eigenvalue weighted by Crippen LogP contribution is -2.41. The number of carbonyl (C=O) groups is 3. The molecule has 9 nitrogen and oxygen atoms in total. The number of imide groups is 1. The van der Waals surface area contributed by atoms with Gasteiger partial charge in [0, 0.05) is 30.3 Å². The Morgan fingerprint density at radius 3 is 2.71 bits per heavy atom. The Kier molecular flexibility index (Phi) is 4.29. The quantitative estimate of drug-likeness (QED) is 0.332. The average molecular weight is 241 g/mol. The second kappa shape index (κ2) is 5.71. The van der Waals surface area contributed by atoms with Crippen molar-refractivity contribution in [1.82, 2.24) is 10.4 Å². The molecule has 9 heteroatoms. The molecule has 0 saturated carbocycles. The Hall–Kier alpha value is -2.28. The van der Waals surface area contributed by atoms with E-state index in [-0.39, 0.29) is 19.4 Å². The molecule has 0 aromatic carbocycles. The van der Waals surface area contributed by atoms with Gasteiger partial charge in [0.25, 0.3) is 11.8 Å². The third-order valence-electron chi connectivity index (χ3n) is 1.96. The minimum absolute atomic E-state index is 0.0421. The maximum atomic E-state index is 11.2. The first kappa shape index (κ1) is 12.8. The molecule has 1 aliphatic heterocycles. The van der Waals surface area contributed by atoms with E-state index in [0.717, 1.165) is 0 Å². The van der Waals surface area contributed by atoms with Gasteiger partial charge in [-0.1, -0.05) is 5.11 Å². The van der Waals surface area contributed by atoms with Crippen molar-refractivity contribution in [2.45, 2.75) is 25.8 Å². The fraction of sp³-hybridized carbons (Fsp3) is 0.625. The molecular formula is C8H11N5O4. The topological polar surface area (TPSA) is 124 Å². The van der Waals surface area contributed by atoms with Crippen LogP contribution in [0.1, 0.15) is 19.8 Å². The van der Waals surface area contributed by atoms with E-state index in [1.54, 1.807) is 6.92 Å². The van der Waals surface area contributed by atoms with Crippen LogP contribution in [0.2, 0.25) is 0 Å². The van der Waals surface area contributed by atoms with Crippen molar-refractivity contribution in [1.29, 1.82) is 0 Å². The number of carbonyl (C=O) groups excluding carboxylic acids is 3. The highest BCUT2D eigenvalue weighted by Gasteiger charge is 2.32. The predicted molar refractivity (Wildman–Crippen MR) is 54.2 cm³/mol. The van der Waals surface area contributed by atoms with Gasteiger partial charge in [0.05, 0.1) is 0 Å². The van der Waals surface area contributed by atoms with Gasteiger partial charge in [0.1, 0.15) is 0 Å². The number of nitrogens with one attached hydrogen (secondary N) is 1. The van der Waals surface area contributed by atoms with Crippen LogP contribution in [0.25, 0.3) is 10.4 Å². The predicted octanol–water partition coefficient (Wildman–Crippen LogP) is 0.475. The van der Waals surface area contributed by atoms with Gasteiger partial charge >= 0.3 is 6.09 Å². The fourth-order valence-electron chi connectivity index (χ4n) is 1.17. The van der Waals surface area contributed by atoms with Crippen LogP contribution < -0.4 is 5.32 Å². The Balaban J connectivity index is 2.41. The normalized spacial score (nSPS) is 16.4. The zero-order chi connectivity index (χ0) is 12.8.